The predicted octanol–water partition coefficient (Wildman–Crippen LogP) is 7.10. The average Bonchev–Trinajstić information content (AvgIpc) is 3.16. The van der Waals surface area contributed by atoms with Gasteiger partial charge in [-0.15, -0.1) is 0 Å². The summed E-state index contributed by atoms with van der Waals surface area (Å²) in [6, 6.07) is 15.3. The molecule has 3 rings (SSSR count). The molecule has 6 heteroatoms. The highest BCUT2D eigenvalue weighted by atomic mass is 79.9. The lowest BCUT2D eigenvalue weighted by Crippen LogP contribution is -2.07. The van der Waals surface area contributed by atoms with Crippen LogP contribution < -0.4 is 4.74 Å². The fraction of sp³-hybridized carbons (Fsp3) is 0.318. The first-order valence-corrected chi connectivity index (χ1v) is 10.5. The minimum absolute atomic E-state index is 0.139. The molecule has 1 saturated carbocycles. The van der Waals surface area contributed by atoms with Crippen LogP contribution in [0.1, 0.15) is 25.5 Å². The van der Waals surface area contributed by atoms with Crippen molar-refractivity contribution in [3.63, 3.8) is 0 Å². The molecule has 1 aliphatic rings. The third kappa shape index (κ3) is 5.02. The summed E-state index contributed by atoms with van der Waals surface area (Å²) >= 11 is 6.83. The molecule has 1 fully saturated rings. The van der Waals surface area contributed by atoms with Gasteiger partial charge in [-0.25, -0.2) is 4.39 Å². The maximum Gasteiger partial charge on any atom is 0.169 e. The molecule has 1 aliphatic carbocycles. The van der Waals surface area contributed by atoms with Crippen LogP contribution in [0.3, 0.4) is 0 Å². The van der Waals surface area contributed by atoms with Crippen molar-refractivity contribution in [1.82, 2.24) is 0 Å². The van der Waals surface area contributed by atoms with E-state index in [4.69, 9.17) is 9.47 Å². The van der Waals surface area contributed by atoms with Crippen molar-refractivity contribution in [3.8, 4) is 17.6 Å². The number of allylic oxidation sites excluding steroid dienone is 1. The van der Waals surface area contributed by atoms with Gasteiger partial charge in [0.1, 0.15) is 17.3 Å². The molecule has 0 radical (unpaired) electrons. The zero-order valence-corrected chi connectivity index (χ0v) is 18.7. The van der Waals surface area contributed by atoms with Gasteiger partial charge in [0.25, 0.3) is 0 Å². The van der Waals surface area contributed by atoms with E-state index in [1.54, 1.807) is 24.3 Å². The Morgan fingerprint density at radius 2 is 1.93 bits per heavy atom. The van der Waals surface area contributed by atoms with Crippen molar-refractivity contribution >= 4 is 31.9 Å². The first kappa shape index (κ1) is 21.0. The van der Waals surface area contributed by atoms with Gasteiger partial charge in [-0.05, 0) is 91.1 Å². The summed E-state index contributed by atoms with van der Waals surface area (Å²) in [4.78, 5) is 0. The molecule has 3 nitrogen and oxygen atoms in total. The molecule has 2 aromatic rings. The Morgan fingerprint density at radius 3 is 2.57 bits per heavy atom. The molecule has 0 aromatic heterocycles. The Labute approximate surface area is 181 Å². The van der Waals surface area contributed by atoms with Crippen LogP contribution in [0.25, 0.3) is 0 Å². The lowest BCUT2D eigenvalue weighted by Gasteiger charge is -2.13. The zero-order valence-electron chi connectivity index (χ0n) is 15.5. The highest BCUT2D eigenvalue weighted by Gasteiger charge is 2.56. The van der Waals surface area contributed by atoms with Gasteiger partial charge < -0.3 is 9.47 Å². The second kappa shape index (κ2) is 8.77. The maximum absolute atomic E-state index is 13.0. The lowest BCUT2D eigenvalue weighted by atomic mass is 10.1. The number of halogens is 3. The monoisotopic (exact) mass is 507 g/mol. The quantitative estimate of drug-likeness (QED) is 0.400. The van der Waals surface area contributed by atoms with E-state index in [9.17, 15) is 9.65 Å². The summed E-state index contributed by atoms with van der Waals surface area (Å²) in [5.41, 5.74) is 0.870. The summed E-state index contributed by atoms with van der Waals surface area (Å²) < 4.78 is 25.7. The van der Waals surface area contributed by atoms with E-state index in [1.807, 2.05) is 12.1 Å². The van der Waals surface area contributed by atoms with E-state index in [0.717, 1.165) is 8.96 Å². The highest BCUT2D eigenvalue weighted by molar-refractivity contribution is 9.28. The molecule has 0 aliphatic heterocycles. The standard InChI is InChI=1S/C22H20Br2FNO2/c1-22(2)18(11-21(23)24)19(22)13-27-20(12-26)14-4-3-5-17(10-14)28-16-8-6-15(25)7-9-16/h3-11,18-20H,13H2,1-2H3. The van der Waals surface area contributed by atoms with E-state index in [0.29, 0.717) is 29.9 Å². The van der Waals surface area contributed by atoms with Gasteiger partial charge in [0.2, 0.25) is 0 Å². The normalized spacial score (nSPS) is 20.7. The second-order valence-electron chi connectivity index (χ2n) is 7.38. The number of hydrogen-bond donors (Lipinski definition) is 0. The van der Waals surface area contributed by atoms with Crippen LogP contribution in [0.5, 0.6) is 11.5 Å². The summed E-state index contributed by atoms with van der Waals surface area (Å²) in [5.74, 6) is 1.54. The minimum atomic E-state index is -0.676. The minimum Gasteiger partial charge on any atom is -0.457 e. The Morgan fingerprint density at radius 1 is 1.21 bits per heavy atom. The van der Waals surface area contributed by atoms with Gasteiger partial charge in [-0.1, -0.05) is 32.1 Å². The number of rotatable bonds is 7. The Bertz CT molecular complexity index is 901. The van der Waals surface area contributed by atoms with Gasteiger partial charge in [-0.3, -0.25) is 0 Å². The average molecular weight is 509 g/mol. The van der Waals surface area contributed by atoms with Gasteiger partial charge in [0, 0.05) is 0 Å². The molecule has 3 unspecified atom stereocenters. The summed E-state index contributed by atoms with van der Waals surface area (Å²) in [5, 5.41) is 9.58. The molecule has 2 aromatic carbocycles. The van der Waals surface area contributed by atoms with Crippen LogP contribution in [-0.4, -0.2) is 6.61 Å². The lowest BCUT2D eigenvalue weighted by molar-refractivity contribution is 0.0741. The van der Waals surface area contributed by atoms with E-state index in [-0.39, 0.29) is 11.2 Å². The Balaban J connectivity index is 1.65. The van der Waals surface area contributed by atoms with Crippen molar-refractivity contribution in [1.29, 1.82) is 5.26 Å². The molecular formula is C22H20Br2FNO2. The largest absolute Gasteiger partial charge is 0.457 e. The smallest absolute Gasteiger partial charge is 0.169 e. The molecule has 146 valence electrons. The molecular weight excluding hydrogens is 489 g/mol. The van der Waals surface area contributed by atoms with E-state index >= 15 is 0 Å². The second-order valence-corrected chi connectivity index (χ2v) is 10.2. The van der Waals surface area contributed by atoms with Crippen LogP contribution in [0.4, 0.5) is 4.39 Å². The maximum atomic E-state index is 13.0. The van der Waals surface area contributed by atoms with Gasteiger partial charge in [0.05, 0.1) is 16.1 Å². The predicted molar refractivity (Wildman–Crippen MR) is 114 cm³/mol. The molecule has 3 atom stereocenters. The molecule has 0 saturated heterocycles. The van der Waals surface area contributed by atoms with Gasteiger partial charge in [0.15, 0.2) is 6.10 Å². The Hall–Kier alpha value is -1.68. The highest BCUT2D eigenvalue weighted by Crippen LogP contribution is 2.60. The van der Waals surface area contributed by atoms with Gasteiger partial charge in [-0.2, -0.15) is 5.26 Å². The summed E-state index contributed by atoms with van der Waals surface area (Å²) in [6.07, 6.45) is 1.46. The van der Waals surface area contributed by atoms with E-state index in [2.05, 4.69) is 57.9 Å². The van der Waals surface area contributed by atoms with Crippen molar-refractivity contribution in [2.45, 2.75) is 20.0 Å². The number of hydrogen-bond acceptors (Lipinski definition) is 3. The summed E-state index contributed by atoms with van der Waals surface area (Å²) in [6.45, 7) is 4.90. The number of benzene rings is 2. The van der Waals surface area contributed by atoms with Crippen molar-refractivity contribution < 1.29 is 13.9 Å². The number of ether oxygens (including phenoxy) is 2. The third-order valence-electron chi connectivity index (χ3n) is 5.21. The molecule has 0 amide bonds. The van der Waals surface area contributed by atoms with Crippen LogP contribution >= 0.6 is 31.9 Å². The molecule has 0 bridgehead atoms. The Kier molecular flexibility index (Phi) is 6.59. The third-order valence-corrected chi connectivity index (χ3v) is 5.74. The van der Waals surface area contributed by atoms with Crippen molar-refractivity contribution in [2.75, 3.05) is 6.61 Å². The molecule has 28 heavy (non-hydrogen) atoms. The van der Waals surface area contributed by atoms with E-state index in [1.165, 1.54) is 12.1 Å². The molecule has 0 heterocycles. The van der Waals surface area contributed by atoms with Crippen molar-refractivity contribution in [3.05, 3.63) is 69.4 Å². The van der Waals surface area contributed by atoms with Crippen LogP contribution in [0.2, 0.25) is 0 Å². The van der Waals surface area contributed by atoms with Gasteiger partial charge >= 0.3 is 0 Å². The topological polar surface area (TPSA) is 42.2 Å². The fourth-order valence-corrected chi connectivity index (χ4v) is 3.93. The van der Waals surface area contributed by atoms with Crippen molar-refractivity contribution in [2.24, 2.45) is 17.3 Å². The number of nitrogens with zero attached hydrogens (tertiary/aromatic N) is 1. The van der Waals surface area contributed by atoms with Crippen LogP contribution in [0, 0.1) is 34.4 Å². The molecule has 0 spiro atoms. The fourth-order valence-electron chi connectivity index (χ4n) is 3.36. The van der Waals surface area contributed by atoms with Crippen LogP contribution in [-0.2, 0) is 4.74 Å². The van der Waals surface area contributed by atoms with Crippen LogP contribution in [0.15, 0.2) is 58.0 Å². The van der Waals surface area contributed by atoms with E-state index < -0.39 is 6.10 Å². The first-order valence-electron chi connectivity index (χ1n) is 8.88. The summed E-state index contributed by atoms with van der Waals surface area (Å²) in [7, 11) is 0. The SMILES string of the molecule is CC1(C)C(C=C(Br)Br)C1COC(C#N)c1cccc(Oc2ccc(F)cc2)c1. The first-order chi connectivity index (χ1) is 13.3. The zero-order chi connectivity index (χ0) is 20.3. The number of nitriles is 1. The molecule has 0 N–H and O–H groups in total.